The minimum absolute atomic E-state index is 0.151. The molecule has 0 aliphatic rings. The Balaban J connectivity index is 2.81. The third-order valence-corrected chi connectivity index (χ3v) is 2.77. The number of carbonyl (C=O) groups excluding carboxylic acids is 1. The zero-order valence-electron chi connectivity index (χ0n) is 9.08. The number of fused-ring (bicyclic) bond motifs is 1. The topological polar surface area (TPSA) is 17.1 Å². The summed E-state index contributed by atoms with van der Waals surface area (Å²) in [5.74, 6) is 0.151. The highest BCUT2D eigenvalue weighted by molar-refractivity contribution is 6.01. The molecule has 0 N–H and O–H groups in total. The summed E-state index contributed by atoms with van der Waals surface area (Å²) in [6.45, 7) is 3.72. The molecule has 0 aromatic heterocycles. The lowest BCUT2D eigenvalue weighted by Gasteiger charge is -2.08. The van der Waals surface area contributed by atoms with E-state index in [1.807, 2.05) is 24.3 Å². The highest BCUT2D eigenvalue weighted by Gasteiger charge is 2.08. The molecule has 0 unspecified atom stereocenters. The second-order valence-electron chi connectivity index (χ2n) is 3.72. The number of aryl methyl sites for hydroxylation is 1. The van der Waals surface area contributed by atoms with Crippen molar-refractivity contribution in [3.8, 4) is 0 Å². The van der Waals surface area contributed by atoms with E-state index in [0.29, 0.717) is 0 Å². The summed E-state index contributed by atoms with van der Waals surface area (Å²) in [7, 11) is 0. The van der Waals surface area contributed by atoms with Crippen LogP contribution in [0.5, 0.6) is 0 Å². The fourth-order valence-corrected chi connectivity index (χ4v) is 2.05. The third kappa shape index (κ3) is 1.65. The average Bonchev–Trinajstić information content (AvgIpc) is 2.27. The summed E-state index contributed by atoms with van der Waals surface area (Å²) in [6, 6.07) is 12.2. The molecule has 0 atom stereocenters. The van der Waals surface area contributed by atoms with Gasteiger partial charge in [-0.25, -0.2) is 0 Å². The molecule has 2 aromatic carbocycles. The van der Waals surface area contributed by atoms with Gasteiger partial charge in [0.1, 0.15) is 0 Å². The maximum Gasteiger partial charge on any atom is 0.160 e. The van der Waals surface area contributed by atoms with Crippen LogP contribution in [0.2, 0.25) is 0 Å². The molecule has 15 heavy (non-hydrogen) atoms. The fraction of sp³-hybridized carbons (Fsp3) is 0.214. The lowest BCUT2D eigenvalue weighted by molar-refractivity contribution is 0.101. The van der Waals surface area contributed by atoms with E-state index in [9.17, 15) is 4.79 Å². The zero-order chi connectivity index (χ0) is 10.8. The van der Waals surface area contributed by atoms with Gasteiger partial charge in [-0.1, -0.05) is 43.3 Å². The van der Waals surface area contributed by atoms with Crippen LogP contribution < -0.4 is 0 Å². The van der Waals surface area contributed by atoms with Gasteiger partial charge in [-0.2, -0.15) is 0 Å². The number of carbonyl (C=O) groups is 1. The van der Waals surface area contributed by atoms with Gasteiger partial charge in [0.05, 0.1) is 0 Å². The number of hydrogen-bond acceptors (Lipinski definition) is 1. The molecular formula is C14H14O. The molecule has 0 saturated carbocycles. The van der Waals surface area contributed by atoms with E-state index in [-0.39, 0.29) is 5.78 Å². The molecule has 0 heterocycles. The first-order valence-electron chi connectivity index (χ1n) is 5.25. The Labute approximate surface area is 89.7 Å². The van der Waals surface area contributed by atoms with Crippen molar-refractivity contribution in [3.05, 3.63) is 47.5 Å². The smallest absolute Gasteiger partial charge is 0.160 e. The Bertz CT molecular complexity index is 512. The van der Waals surface area contributed by atoms with Gasteiger partial charge in [0.2, 0.25) is 0 Å². The van der Waals surface area contributed by atoms with Gasteiger partial charge in [0.25, 0.3) is 0 Å². The van der Waals surface area contributed by atoms with Crippen LogP contribution in [0.15, 0.2) is 36.4 Å². The molecule has 0 fully saturated rings. The maximum absolute atomic E-state index is 11.5. The molecule has 2 rings (SSSR count). The predicted molar refractivity (Wildman–Crippen MR) is 63.3 cm³/mol. The lowest BCUT2D eigenvalue weighted by atomic mass is 9.95. The Morgan fingerprint density at radius 1 is 1.13 bits per heavy atom. The molecule has 1 nitrogen and oxygen atoms in total. The Kier molecular flexibility index (Phi) is 2.55. The van der Waals surface area contributed by atoms with Crippen LogP contribution in [0.25, 0.3) is 10.8 Å². The van der Waals surface area contributed by atoms with E-state index >= 15 is 0 Å². The lowest BCUT2D eigenvalue weighted by Crippen LogP contribution is -1.99. The SMILES string of the molecule is CCc1c(C(C)=O)ccc2ccccc12. The molecule has 0 amide bonds. The van der Waals surface area contributed by atoms with E-state index in [4.69, 9.17) is 0 Å². The molecular weight excluding hydrogens is 184 g/mol. The second-order valence-corrected chi connectivity index (χ2v) is 3.72. The standard InChI is InChI=1S/C14H14O/c1-3-12-13(10(2)15)9-8-11-6-4-5-7-14(11)12/h4-9H,3H2,1-2H3. The van der Waals surface area contributed by atoms with Gasteiger partial charge in [-0.15, -0.1) is 0 Å². The van der Waals surface area contributed by atoms with Gasteiger partial charge in [-0.05, 0) is 29.7 Å². The summed E-state index contributed by atoms with van der Waals surface area (Å²) in [5.41, 5.74) is 2.02. The van der Waals surface area contributed by atoms with Crippen LogP contribution in [0.1, 0.15) is 29.8 Å². The summed E-state index contributed by atoms with van der Waals surface area (Å²) in [5, 5.41) is 2.41. The highest BCUT2D eigenvalue weighted by atomic mass is 16.1. The fourth-order valence-electron chi connectivity index (χ4n) is 2.05. The number of Topliss-reactive ketones (excluding diaryl/α,β-unsaturated/α-hetero) is 1. The zero-order valence-corrected chi connectivity index (χ0v) is 9.08. The van der Waals surface area contributed by atoms with Crippen LogP contribution >= 0.6 is 0 Å². The summed E-state index contributed by atoms with van der Waals surface area (Å²) in [4.78, 5) is 11.5. The predicted octanol–water partition coefficient (Wildman–Crippen LogP) is 3.60. The monoisotopic (exact) mass is 198 g/mol. The summed E-state index contributed by atoms with van der Waals surface area (Å²) >= 11 is 0. The molecule has 0 saturated heterocycles. The normalized spacial score (nSPS) is 10.5. The Morgan fingerprint density at radius 2 is 1.87 bits per heavy atom. The Hall–Kier alpha value is -1.63. The van der Waals surface area contributed by atoms with Crippen LogP contribution in [0, 0.1) is 0 Å². The third-order valence-electron chi connectivity index (χ3n) is 2.77. The molecule has 0 bridgehead atoms. The van der Waals surface area contributed by atoms with Gasteiger partial charge in [0, 0.05) is 5.56 Å². The second kappa shape index (κ2) is 3.85. The van der Waals surface area contributed by atoms with E-state index in [0.717, 1.165) is 12.0 Å². The molecule has 0 aliphatic heterocycles. The van der Waals surface area contributed by atoms with E-state index in [2.05, 4.69) is 19.1 Å². The van der Waals surface area contributed by atoms with Crippen molar-refractivity contribution in [3.63, 3.8) is 0 Å². The van der Waals surface area contributed by atoms with Crippen molar-refractivity contribution in [1.82, 2.24) is 0 Å². The van der Waals surface area contributed by atoms with E-state index in [1.165, 1.54) is 16.3 Å². The van der Waals surface area contributed by atoms with Crippen molar-refractivity contribution in [2.75, 3.05) is 0 Å². The van der Waals surface area contributed by atoms with Crippen LogP contribution in [0.4, 0.5) is 0 Å². The first-order chi connectivity index (χ1) is 7.24. The van der Waals surface area contributed by atoms with E-state index < -0.39 is 0 Å². The number of hydrogen-bond donors (Lipinski definition) is 0. The molecule has 76 valence electrons. The van der Waals surface area contributed by atoms with Crippen molar-refractivity contribution in [2.45, 2.75) is 20.3 Å². The van der Waals surface area contributed by atoms with Crippen molar-refractivity contribution in [2.24, 2.45) is 0 Å². The highest BCUT2D eigenvalue weighted by Crippen LogP contribution is 2.23. The number of rotatable bonds is 2. The minimum Gasteiger partial charge on any atom is -0.295 e. The van der Waals surface area contributed by atoms with Gasteiger partial charge in [0.15, 0.2) is 5.78 Å². The van der Waals surface area contributed by atoms with Crippen molar-refractivity contribution < 1.29 is 4.79 Å². The largest absolute Gasteiger partial charge is 0.295 e. The van der Waals surface area contributed by atoms with Crippen molar-refractivity contribution >= 4 is 16.6 Å². The van der Waals surface area contributed by atoms with Crippen LogP contribution in [-0.4, -0.2) is 5.78 Å². The van der Waals surface area contributed by atoms with Gasteiger partial charge >= 0.3 is 0 Å². The van der Waals surface area contributed by atoms with Crippen LogP contribution in [0.3, 0.4) is 0 Å². The van der Waals surface area contributed by atoms with Crippen molar-refractivity contribution in [1.29, 1.82) is 0 Å². The number of ketones is 1. The van der Waals surface area contributed by atoms with E-state index in [1.54, 1.807) is 6.92 Å². The van der Waals surface area contributed by atoms with Gasteiger partial charge < -0.3 is 0 Å². The Morgan fingerprint density at radius 3 is 2.53 bits per heavy atom. The van der Waals surface area contributed by atoms with Crippen LogP contribution in [-0.2, 0) is 6.42 Å². The minimum atomic E-state index is 0.151. The molecule has 0 radical (unpaired) electrons. The maximum atomic E-state index is 11.5. The van der Waals surface area contributed by atoms with Gasteiger partial charge in [-0.3, -0.25) is 4.79 Å². The molecule has 2 aromatic rings. The summed E-state index contributed by atoms with van der Waals surface area (Å²) in [6.07, 6.45) is 0.899. The average molecular weight is 198 g/mol. The first-order valence-corrected chi connectivity index (χ1v) is 5.25. The summed E-state index contributed by atoms with van der Waals surface area (Å²) < 4.78 is 0. The quantitative estimate of drug-likeness (QED) is 0.674. The first kappa shape index (κ1) is 9.91. The number of benzene rings is 2. The molecule has 1 heteroatoms. The molecule has 0 aliphatic carbocycles. The molecule has 0 spiro atoms.